The standard InChI is InChI=1S/C18H24N2O5/c21-16(8-11-20-10-3-1-2-7-17(20)22)19-9-12-25-15-6-4-5-14(13-15)18(23)24/h4-6,13H,1-3,7-12H2,(H,19,21)(H,23,24). The molecule has 0 aromatic heterocycles. The van der Waals surface area contributed by atoms with E-state index in [0.717, 1.165) is 25.8 Å². The van der Waals surface area contributed by atoms with E-state index < -0.39 is 5.97 Å². The molecule has 1 saturated heterocycles. The lowest BCUT2D eigenvalue weighted by Gasteiger charge is -2.20. The Morgan fingerprint density at radius 3 is 2.88 bits per heavy atom. The molecular formula is C18H24N2O5. The number of aromatic carboxylic acids is 1. The molecule has 2 amide bonds. The highest BCUT2D eigenvalue weighted by Gasteiger charge is 2.17. The molecule has 2 N–H and O–H groups in total. The van der Waals surface area contributed by atoms with E-state index in [0.29, 0.717) is 25.3 Å². The van der Waals surface area contributed by atoms with Crippen molar-refractivity contribution in [3.8, 4) is 5.75 Å². The van der Waals surface area contributed by atoms with Crippen molar-refractivity contribution >= 4 is 17.8 Å². The molecule has 1 aromatic rings. The summed E-state index contributed by atoms with van der Waals surface area (Å²) >= 11 is 0. The summed E-state index contributed by atoms with van der Waals surface area (Å²) in [5.41, 5.74) is 0.156. The summed E-state index contributed by atoms with van der Waals surface area (Å²) in [5, 5.41) is 11.7. The summed E-state index contributed by atoms with van der Waals surface area (Å²) in [5.74, 6) is -0.557. The van der Waals surface area contributed by atoms with E-state index in [-0.39, 0.29) is 30.4 Å². The van der Waals surface area contributed by atoms with Crippen LogP contribution in [0.3, 0.4) is 0 Å². The second kappa shape index (κ2) is 9.66. The van der Waals surface area contributed by atoms with Gasteiger partial charge in [0.2, 0.25) is 11.8 Å². The zero-order chi connectivity index (χ0) is 18.1. The molecule has 1 heterocycles. The fourth-order valence-corrected chi connectivity index (χ4v) is 2.68. The van der Waals surface area contributed by atoms with Gasteiger partial charge in [-0.3, -0.25) is 9.59 Å². The summed E-state index contributed by atoms with van der Waals surface area (Å²) in [6.07, 6.45) is 3.85. The van der Waals surface area contributed by atoms with Crippen LogP contribution in [0.25, 0.3) is 0 Å². The summed E-state index contributed by atoms with van der Waals surface area (Å²) < 4.78 is 5.43. The molecule has 136 valence electrons. The predicted octanol–water partition coefficient (Wildman–Crippen LogP) is 1.67. The highest BCUT2D eigenvalue weighted by Crippen LogP contribution is 2.13. The summed E-state index contributed by atoms with van der Waals surface area (Å²) in [6.45, 7) is 1.75. The minimum absolute atomic E-state index is 0.125. The van der Waals surface area contributed by atoms with Gasteiger partial charge in [-0.1, -0.05) is 12.5 Å². The third-order valence-corrected chi connectivity index (χ3v) is 4.05. The molecule has 2 rings (SSSR count). The van der Waals surface area contributed by atoms with Crippen LogP contribution in [0.4, 0.5) is 0 Å². The lowest BCUT2D eigenvalue weighted by atomic mass is 10.2. The number of amides is 2. The number of likely N-dealkylation sites (tertiary alicyclic amines) is 1. The molecule has 0 spiro atoms. The first-order valence-corrected chi connectivity index (χ1v) is 8.57. The molecule has 0 bridgehead atoms. The summed E-state index contributed by atoms with van der Waals surface area (Å²) in [7, 11) is 0. The Morgan fingerprint density at radius 2 is 2.08 bits per heavy atom. The molecule has 0 radical (unpaired) electrons. The first kappa shape index (κ1) is 18.8. The highest BCUT2D eigenvalue weighted by atomic mass is 16.5. The van der Waals surface area contributed by atoms with Crippen molar-refractivity contribution in [2.45, 2.75) is 32.1 Å². The fourth-order valence-electron chi connectivity index (χ4n) is 2.68. The molecule has 0 aliphatic carbocycles. The van der Waals surface area contributed by atoms with Gasteiger partial charge in [-0.2, -0.15) is 0 Å². The van der Waals surface area contributed by atoms with Crippen molar-refractivity contribution in [1.29, 1.82) is 0 Å². The number of carbonyl (C=O) groups excluding carboxylic acids is 2. The Balaban J connectivity index is 1.64. The van der Waals surface area contributed by atoms with Gasteiger partial charge in [-0.25, -0.2) is 4.79 Å². The van der Waals surface area contributed by atoms with E-state index in [2.05, 4.69) is 5.32 Å². The Morgan fingerprint density at radius 1 is 1.24 bits per heavy atom. The van der Waals surface area contributed by atoms with Gasteiger partial charge >= 0.3 is 5.97 Å². The van der Waals surface area contributed by atoms with Gasteiger partial charge in [0, 0.05) is 25.9 Å². The van der Waals surface area contributed by atoms with E-state index >= 15 is 0 Å². The minimum Gasteiger partial charge on any atom is -0.492 e. The molecule has 7 heteroatoms. The van der Waals surface area contributed by atoms with Crippen LogP contribution in [0.5, 0.6) is 5.75 Å². The van der Waals surface area contributed by atoms with Gasteiger partial charge in [0.25, 0.3) is 0 Å². The van der Waals surface area contributed by atoms with Crippen LogP contribution in [0.1, 0.15) is 42.5 Å². The third-order valence-electron chi connectivity index (χ3n) is 4.05. The fraction of sp³-hybridized carbons (Fsp3) is 0.500. The predicted molar refractivity (Wildman–Crippen MR) is 91.6 cm³/mol. The number of rotatable bonds is 8. The first-order chi connectivity index (χ1) is 12.1. The van der Waals surface area contributed by atoms with Crippen LogP contribution in [-0.4, -0.2) is 54.0 Å². The molecule has 7 nitrogen and oxygen atoms in total. The molecule has 1 aliphatic rings. The maximum Gasteiger partial charge on any atom is 0.335 e. The van der Waals surface area contributed by atoms with E-state index in [1.807, 2.05) is 0 Å². The normalized spacial score (nSPS) is 14.7. The van der Waals surface area contributed by atoms with Crippen LogP contribution in [0, 0.1) is 0 Å². The molecule has 25 heavy (non-hydrogen) atoms. The zero-order valence-corrected chi connectivity index (χ0v) is 14.2. The maximum absolute atomic E-state index is 11.9. The lowest BCUT2D eigenvalue weighted by molar-refractivity contribution is -0.131. The van der Waals surface area contributed by atoms with Crippen molar-refractivity contribution in [1.82, 2.24) is 10.2 Å². The molecule has 0 saturated carbocycles. The summed E-state index contributed by atoms with van der Waals surface area (Å²) in [6, 6.07) is 6.20. The van der Waals surface area contributed by atoms with Crippen LogP contribution in [0.2, 0.25) is 0 Å². The Labute approximate surface area is 147 Å². The average molecular weight is 348 g/mol. The van der Waals surface area contributed by atoms with Gasteiger partial charge in [0.15, 0.2) is 0 Å². The van der Waals surface area contributed by atoms with E-state index in [1.54, 1.807) is 17.0 Å². The number of ether oxygens (including phenoxy) is 1. The van der Waals surface area contributed by atoms with Gasteiger partial charge in [-0.05, 0) is 31.0 Å². The Kier molecular flexibility index (Phi) is 7.25. The molecular weight excluding hydrogens is 324 g/mol. The van der Waals surface area contributed by atoms with Gasteiger partial charge in [0.1, 0.15) is 12.4 Å². The number of hydrogen-bond donors (Lipinski definition) is 2. The summed E-state index contributed by atoms with van der Waals surface area (Å²) in [4.78, 5) is 36.3. The van der Waals surface area contributed by atoms with E-state index in [4.69, 9.17) is 9.84 Å². The molecule has 0 atom stereocenters. The van der Waals surface area contributed by atoms with Crippen LogP contribution < -0.4 is 10.1 Å². The largest absolute Gasteiger partial charge is 0.492 e. The zero-order valence-electron chi connectivity index (χ0n) is 14.2. The van der Waals surface area contributed by atoms with Crippen LogP contribution in [-0.2, 0) is 9.59 Å². The van der Waals surface area contributed by atoms with Crippen molar-refractivity contribution in [2.75, 3.05) is 26.2 Å². The van der Waals surface area contributed by atoms with Gasteiger partial charge < -0.3 is 20.1 Å². The molecule has 1 fully saturated rings. The van der Waals surface area contributed by atoms with Crippen molar-refractivity contribution < 1.29 is 24.2 Å². The smallest absolute Gasteiger partial charge is 0.335 e. The number of benzene rings is 1. The second-order valence-corrected chi connectivity index (χ2v) is 5.97. The number of carboxylic acid groups (broad SMARTS) is 1. The quantitative estimate of drug-likeness (QED) is 0.697. The second-order valence-electron chi connectivity index (χ2n) is 5.97. The van der Waals surface area contributed by atoms with Gasteiger partial charge in [0.05, 0.1) is 12.1 Å². The highest BCUT2D eigenvalue weighted by molar-refractivity contribution is 5.88. The monoisotopic (exact) mass is 348 g/mol. The number of nitrogens with zero attached hydrogens (tertiary/aromatic N) is 1. The number of carbonyl (C=O) groups is 3. The third kappa shape index (κ3) is 6.45. The van der Waals surface area contributed by atoms with Crippen LogP contribution >= 0.6 is 0 Å². The number of nitrogens with one attached hydrogen (secondary N) is 1. The van der Waals surface area contributed by atoms with Crippen LogP contribution in [0.15, 0.2) is 24.3 Å². The SMILES string of the molecule is O=C(CCN1CCCCCC1=O)NCCOc1cccc(C(=O)O)c1. The minimum atomic E-state index is -1.01. The van der Waals surface area contributed by atoms with E-state index in [9.17, 15) is 14.4 Å². The number of carboxylic acids is 1. The van der Waals surface area contributed by atoms with E-state index in [1.165, 1.54) is 12.1 Å². The average Bonchev–Trinajstić information content (AvgIpc) is 2.81. The molecule has 0 unspecified atom stereocenters. The first-order valence-electron chi connectivity index (χ1n) is 8.57. The topological polar surface area (TPSA) is 95.9 Å². The van der Waals surface area contributed by atoms with Gasteiger partial charge in [-0.15, -0.1) is 0 Å². The number of hydrogen-bond acceptors (Lipinski definition) is 4. The van der Waals surface area contributed by atoms with Crippen molar-refractivity contribution in [3.05, 3.63) is 29.8 Å². The van der Waals surface area contributed by atoms with Crippen molar-refractivity contribution in [3.63, 3.8) is 0 Å². The Bertz CT molecular complexity index is 617. The van der Waals surface area contributed by atoms with Crippen molar-refractivity contribution in [2.24, 2.45) is 0 Å². The molecule has 1 aliphatic heterocycles. The maximum atomic E-state index is 11.9. The lowest BCUT2D eigenvalue weighted by Crippen LogP contribution is -2.35. The Hall–Kier alpha value is -2.57. The molecule has 1 aromatic carbocycles.